The topological polar surface area (TPSA) is 34.1 Å². The number of benzene rings is 2. The van der Waals surface area contributed by atoms with Crippen LogP contribution < -0.4 is 0 Å². The molecule has 0 aliphatic heterocycles. The Morgan fingerprint density at radius 3 is 1.94 bits per heavy atom. The fourth-order valence-electron chi connectivity index (χ4n) is 1.67. The summed E-state index contributed by atoms with van der Waals surface area (Å²) < 4.78 is 37.9. The highest BCUT2D eigenvalue weighted by Gasteiger charge is 2.26. The maximum absolute atomic E-state index is 14.0. The van der Waals surface area contributed by atoms with Crippen molar-refractivity contribution in [2.45, 2.75) is 16.8 Å². The Kier molecular flexibility index (Phi) is 3.77. The van der Waals surface area contributed by atoms with E-state index in [4.69, 9.17) is 0 Å². The average molecular weight is 264 g/mol. The summed E-state index contributed by atoms with van der Waals surface area (Å²) in [6.07, 6.45) is -0.127. The molecule has 0 fully saturated rings. The quantitative estimate of drug-likeness (QED) is 0.850. The van der Waals surface area contributed by atoms with E-state index in [1.54, 1.807) is 42.5 Å². The lowest BCUT2D eigenvalue weighted by Gasteiger charge is -2.09. The number of halogens is 1. The Morgan fingerprint density at radius 2 is 1.39 bits per heavy atom. The first-order valence-electron chi connectivity index (χ1n) is 5.57. The highest BCUT2D eigenvalue weighted by molar-refractivity contribution is 7.91. The van der Waals surface area contributed by atoms with Gasteiger partial charge in [-0.15, -0.1) is 0 Å². The Bertz CT molecular complexity index is 594. The summed E-state index contributed by atoms with van der Waals surface area (Å²) in [5, 5.41) is 0. The first kappa shape index (κ1) is 12.8. The van der Waals surface area contributed by atoms with E-state index in [9.17, 15) is 12.8 Å². The van der Waals surface area contributed by atoms with Crippen LogP contribution >= 0.6 is 0 Å². The van der Waals surface area contributed by atoms with Crippen molar-refractivity contribution in [2.24, 2.45) is 0 Å². The smallest absolute Gasteiger partial charge is 0.210 e. The van der Waals surface area contributed by atoms with Gasteiger partial charge in [-0.25, -0.2) is 12.8 Å². The van der Waals surface area contributed by atoms with Crippen molar-refractivity contribution in [1.29, 1.82) is 0 Å². The van der Waals surface area contributed by atoms with Crippen molar-refractivity contribution in [3.05, 3.63) is 66.2 Å². The molecular weight excluding hydrogens is 251 g/mol. The zero-order chi connectivity index (χ0) is 13.0. The monoisotopic (exact) mass is 264 g/mol. The van der Waals surface area contributed by atoms with Crippen LogP contribution in [0.5, 0.6) is 0 Å². The number of hydrogen-bond donors (Lipinski definition) is 0. The van der Waals surface area contributed by atoms with Gasteiger partial charge in [-0.3, -0.25) is 0 Å². The first-order valence-corrected chi connectivity index (χ1v) is 7.12. The summed E-state index contributed by atoms with van der Waals surface area (Å²) >= 11 is 0. The molecule has 18 heavy (non-hydrogen) atoms. The molecule has 2 nitrogen and oxygen atoms in total. The Labute approximate surface area is 106 Å². The molecule has 0 aliphatic rings. The van der Waals surface area contributed by atoms with E-state index < -0.39 is 15.3 Å². The van der Waals surface area contributed by atoms with E-state index in [0.29, 0.717) is 5.56 Å². The van der Waals surface area contributed by atoms with Crippen LogP contribution in [0.3, 0.4) is 0 Å². The fourth-order valence-corrected chi connectivity index (χ4v) is 2.91. The third kappa shape index (κ3) is 2.76. The molecule has 0 aromatic heterocycles. The average Bonchev–Trinajstić information content (AvgIpc) is 2.41. The Morgan fingerprint density at radius 1 is 0.889 bits per heavy atom. The van der Waals surface area contributed by atoms with E-state index >= 15 is 0 Å². The molecule has 2 aromatic rings. The number of rotatable bonds is 4. The third-order valence-electron chi connectivity index (χ3n) is 2.65. The summed E-state index contributed by atoms with van der Waals surface area (Å²) in [6.45, 7) is 0. The summed E-state index contributed by atoms with van der Waals surface area (Å²) in [5.74, 6) is 0. The van der Waals surface area contributed by atoms with E-state index in [2.05, 4.69) is 0 Å². The van der Waals surface area contributed by atoms with Gasteiger partial charge in [-0.1, -0.05) is 48.5 Å². The van der Waals surface area contributed by atoms with Crippen molar-refractivity contribution in [3.63, 3.8) is 0 Å². The van der Waals surface area contributed by atoms with Gasteiger partial charge in [0.2, 0.25) is 15.3 Å². The molecule has 0 saturated carbocycles. The summed E-state index contributed by atoms with van der Waals surface area (Å²) in [6, 6.07) is 16.4. The lowest BCUT2D eigenvalue weighted by Crippen LogP contribution is -2.19. The van der Waals surface area contributed by atoms with Crippen LogP contribution in [0.1, 0.15) is 5.56 Å². The van der Waals surface area contributed by atoms with Crippen LogP contribution in [-0.2, 0) is 16.3 Å². The van der Waals surface area contributed by atoms with Crippen LogP contribution in [0.4, 0.5) is 4.39 Å². The molecule has 0 amide bonds. The van der Waals surface area contributed by atoms with Gasteiger partial charge in [-0.05, 0) is 17.7 Å². The molecular formula is C14H13FO2S. The molecule has 1 atom stereocenters. The van der Waals surface area contributed by atoms with Crippen LogP contribution in [0.25, 0.3) is 0 Å². The highest BCUT2D eigenvalue weighted by Crippen LogP contribution is 2.20. The zero-order valence-electron chi connectivity index (χ0n) is 9.66. The highest BCUT2D eigenvalue weighted by atomic mass is 32.2. The number of hydrogen-bond acceptors (Lipinski definition) is 2. The number of sulfone groups is 1. The van der Waals surface area contributed by atoms with E-state index in [-0.39, 0.29) is 11.3 Å². The van der Waals surface area contributed by atoms with Crippen molar-refractivity contribution < 1.29 is 12.8 Å². The minimum Gasteiger partial charge on any atom is -0.229 e. The molecule has 2 aromatic carbocycles. The lowest BCUT2D eigenvalue weighted by molar-refractivity contribution is 0.416. The Balaban J connectivity index is 2.21. The molecule has 2 rings (SSSR count). The second kappa shape index (κ2) is 5.31. The number of alkyl halides is 1. The van der Waals surface area contributed by atoms with Crippen molar-refractivity contribution >= 4 is 9.84 Å². The second-order valence-corrected chi connectivity index (χ2v) is 6.03. The van der Waals surface area contributed by atoms with E-state index in [1.165, 1.54) is 12.1 Å². The molecule has 0 aliphatic carbocycles. The Hall–Kier alpha value is -1.68. The van der Waals surface area contributed by atoms with E-state index in [1.807, 2.05) is 6.07 Å². The maximum atomic E-state index is 14.0. The molecule has 94 valence electrons. The van der Waals surface area contributed by atoms with Gasteiger partial charge in [0.05, 0.1) is 4.90 Å². The largest absolute Gasteiger partial charge is 0.229 e. The van der Waals surface area contributed by atoms with Gasteiger partial charge < -0.3 is 0 Å². The molecule has 4 heteroatoms. The minimum absolute atomic E-state index is 0.0217. The SMILES string of the molecule is O=S(=O)(c1ccccc1)C(F)Cc1ccccc1. The third-order valence-corrected chi connectivity index (χ3v) is 4.42. The minimum atomic E-state index is -3.90. The van der Waals surface area contributed by atoms with Gasteiger partial charge >= 0.3 is 0 Å². The maximum Gasteiger partial charge on any atom is 0.210 e. The molecule has 0 spiro atoms. The predicted octanol–water partition coefficient (Wildman–Crippen LogP) is 3.00. The van der Waals surface area contributed by atoms with Crippen LogP contribution in [0.15, 0.2) is 65.6 Å². The van der Waals surface area contributed by atoms with Gasteiger partial charge in [0.25, 0.3) is 0 Å². The van der Waals surface area contributed by atoms with E-state index in [0.717, 1.165) is 0 Å². The molecule has 0 bridgehead atoms. The van der Waals surface area contributed by atoms with Crippen molar-refractivity contribution in [3.8, 4) is 0 Å². The first-order chi connectivity index (χ1) is 8.60. The van der Waals surface area contributed by atoms with Crippen molar-refractivity contribution in [1.82, 2.24) is 0 Å². The van der Waals surface area contributed by atoms with Crippen molar-refractivity contribution in [2.75, 3.05) is 0 Å². The molecule has 0 heterocycles. The molecule has 1 unspecified atom stereocenters. The molecule has 0 N–H and O–H groups in total. The van der Waals surface area contributed by atoms with Crippen LogP contribution in [-0.4, -0.2) is 13.9 Å². The van der Waals surface area contributed by atoms with Gasteiger partial charge in [0, 0.05) is 6.42 Å². The van der Waals surface area contributed by atoms with Crippen LogP contribution in [0.2, 0.25) is 0 Å². The van der Waals surface area contributed by atoms with Gasteiger partial charge in [0.1, 0.15) is 0 Å². The standard InChI is InChI=1S/C14H13FO2S/c15-14(11-12-7-3-1-4-8-12)18(16,17)13-9-5-2-6-10-13/h1-10,14H,11H2. The summed E-state index contributed by atoms with van der Waals surface area (Å²) in [4.78, 5) is 0.0217. The molecule has 0 radical (unpaired) electrons. The second-order valence-electron chi connectivity index (χ2n) is 3.96. The van der Waals surface area contributed by atoms with Gasteiger partial charge in [0.15, 0.2) is 0 Å². The van der Waals surface area contributed by atoms with Crippen LogP contribution in [0, 0.1) is 0 Å². The van der Waals surface area contributed by atoms with Gasteiger partial charge in [-0.2, -0.15) is 0 Å². The fraction of sp³-hybridized carbons (Fsp3) is 0.143. The lowest BCUT2D eigenvalue weighted by atomic mass is 10.2. The summed E-state index contributed by atoms with van der Waals surface area (Å²) in [5.41, 5.74) is -1.24. The normalized spacial score (nSPS) is 13.2. The zero-order valence-corrected chi connectivity index (χ0v) is 10.5. The molecule has 0 saturated heterocycles. The summed E-state index contributed by atoms with van der Waals surface area (Å²) in [7, 11) is -3.90. The predicted molar refractivity (Wildman–Crippen MR) is 68.7 cm³/mol.